The summed E-state index contributed by atoms with van der Waals surface area (Å²) in [4.78, 5) is 25.7. The van der Waals surface area contributed by atoms with E-state index in [4.69, 9.17) is 32.7 Å². The SMILES string of the molecule is COC(=O)C(C(=O)C(C)(C)SCc1ccc(OC)cc1)c1ccc(Cl)cc1Cl. The molecule has 0 fully saturated rings. The number of carbonyl (C=O) groups is 2. The number of Topliss-reactive ketones (excluding diaryl/α,β-unsaturated/α-hetero) is 1. The Morgan fingerprint density at radius 2 is 1.71 bits per heavy atom. The van der Waals surface area contributed by atoms with Crippen molar-refractivity contribution in [3.8, 4) is 5.75 Å². The van der Waals surface area contributed by atoms with E-state index in [0.29, 0.717) is 16.3 Å². The van der Waals surface area contributed by atoms with E-state index in [1.807, 2.05) is 24.3 Å². The van der Waals surface area contributed by atoms with Crippen LogP contribution in [-0.4, -0.2) is 30.7 Å². The molecule has 0 aliphatic carbocycles. The Labute approximate surface area is 179 Å². The standard InChI is InChI=1S/C21H22Cl2O4S/c1-21(2,28-12-13-5-8-15(26-3)9-6-13)19(24)18(20(25)27-4)16-10-7-14(22)11-17(16)23/h5-11,18H,12H2,1-4H3. The van der Waals surface area contributed by atoms with Crippen molar-refractivity contribution >= 4 is 46.7 Å². The number of ether oxygens (including phenoxy) is 2. The first-order valence-corrected chi connectivity index (χ1v) is 10.3. The quantitative estimate of drug-likeness (QED) is 0.398. The van der Waals surface area contributed by atoms with Crippen molar-refractivity contribution in [1.82, 2.24) is 0 Å². The van der Waals surface area contributed by atoms with Gasteiger partial charge in [-0.2, -0.15) is 0 Å². The van der Waals surface area contributed by atoms with Gasteiger partial charge in [-0.15, -0.1) is 11.8 Å². The first-order chi connectivity index (χ1) is 13.2. The molecule has 0 saturated heterocycles. The Balaban J connectivity index is 2.24. The van der Waals surface area contributed by atoms with Gasteiger partial charge in [0.15, 0.2) is 5.78 Å². The number of carbonyl (C=O) groups excluding carboxylic acids is 2. The van der Waals surface area contributed by atoms with Crippen molar-refractivity contribution in [2.24, 2.45) is 0 Å². The number of hydrogen-bond donors (Lipinski definition) is 0. The molecular weight excluding hydrogens is 419 g/mol. The van der Waals surface area contributed by atoms with Gasteiger partial charge in [0.25, 0.3) is 0 Å². The molecule has 0 bridgehead atoms. The van der Waals surface area contributed by atoms with Gasteiger partial charge in [-0.3, -0.25) is 9.59 Å². The number of rotatable bonds is 8. The van der Waals surface area contributed by atoms with Crippen molar-refractivity contribution in [1.29, 1.82) is 0 Å². The zero-order valence-corrected chi connectivity index (χ0v) is 18.5. The number of halogens is 2. The monoisotopic (exact) mass is 440 g/mol. The van der Waals surface area contributed by atoms with Crippen LogP contribution in [0.1, 0.15) is 30.9 Å². The number of benzene rings is 2. The third kappa shape index (κ3) is 5.43. The van der Waals surface area contributed by atoms with Crippen LogP contribution in [0.2, 0.25) is 10.0 Å². The summed E-state index contributed by atoms with van der Waals surface area (Å²) in [5.74, 6) is -0.667. The largest absolute Gasteiger partial charge is 0.497 e. The van der Waals surface area contributed by atoms with Crippen molar-refractivity contribution in [3.63, 3.8) is 0 Å². The lowest BCUT2D eigenvalue weighted by molar-refractivity contribution is -0.146. The highest BCUT2D eigenvalue weighted by Gasteiger charge is 2.40. The predicted molar refractivity (Wildman–Crippen MR) is 115 cm³/mol. The van der Waals surface area contributed by atoms with Crippen LogP contribution in [0.25, 0.3) is 0 Å². The fourth-order valence-electron chi connectivity index (χ4n) is 2.63. The maximum Gasteiger partial charge on any atom is 0.320 e. The molecule has 0 spiro atoms. The van der Waals surface area contributed by atoms with Gasteiger partial charge in [-0.25, -0.2) is 0 Å². The van der Waals surface area contributed by atoms with E-state index in [1.54, 1.807) is 33.1 Å². The van der Waals surface area contributed by atoms with Crippen LogP contribution < -0.4 is 4.74 Å². The van der Waals surface area contributed by atoms with Crippen molar-refractivity contribution < 1.29 is 19.1 Å². The molecule has 2 rings (SSSR count). The Morgan fingerprint density at radius 3 is 2.25 bits per heavy atom. The first kappa shape index (κ1) is 22.6. The molecule has 0 heterocycles. The number of methoxy groups -OCH3 is 2. The van der Waals surface area contributed by atoms with Gasteiger partial charge < -0.3 is 9.47 Å². The number of thioether (sulfide) groups is 1. The zero-order chi connectivity index (χ0) is 20.9. The summed E-state index contributed by atoms with van der Waals surface area (Å²) in [6.45, 7) is 3.59. The molecule has 0 amide bonds. The third-order valence-electron chi connectivity index (χ3n) is 4.32. The normalized spacial score (nSPS) is 12.4. The highest BCUT2D eigenvalue weighted by Crippen LogP contribution is 2.37. The minimum absolute atomic E-state index is 0.257. The van der Waals surface area contributed by atoms with E-state index in [0.717, 1.165) is 11.3 Å². The lowest BCUT2D eigenvalue weighted by atomic mass is 9.88. The molecule has 150 valence electrons. The van der Waals surface area contributed by atoms with Gasteiger partial charge in [0.1, 0.15) is 11.7 Å². The Morgan fingerprint density at radius 1 is 1.07 bits per heavy atom. The van der Waals surface area contributed by atoms with E-state index < -0.39 is 16.6 Å². The maximum absolute atomic E-state index is 13.3. The summed E-state index contributed by atoms with van der Waals surface area (Å²) in [6, 6.07) is 12.3. The van der Waals surface area contributed by atoms with Crippen molar-refractivity contribution in [2.75, 3.05) is 14.2 Å². The molecule has 2 aromatic rings. The molecule has 0 aliphatic rings. The van der Waals surface area contributed by atoms with Crippen LogP contribution >= 0.6 is 35.0 Å². The van der Waals surface area contributed by atoms with Gasteiger partial charge >= 0.3 is 5.97 Å². The molecule has 2 aromatic carbocycles. The summed E-state index contributed by atoms with van der Waals surface area (Å²) in [5.41, 5.74) is 1.44. The average Bonchev–Trinajstić information content (AvgIpc) is 2.68. The molecule has 7 heteroatoms. The molecule has 0 radical (unpaired) electrons. The highest BCUT2D eigenvalue weighted by atomic mass is 35.5. The predicted octanol–water partition coefficient (Wildman–Crippen LogP) is 5.54. The molecule has 0 N–H and O–H groups in total. The number of esters is 1. The van der Waals surface area contributed by atoms with Crippen LogP contribution in [-0.2, 0) is 20.1 Å². The summed E-state index contributed by atoms with van der Waals surface area (Å²) in [5, 5.41) is 0.685. The van der Waals surface area contributed by atoms with Crippen LogP contribution in [0.5, 0.6) is 5.75 Å². The topological polar surface area (TPSA) is 52.6 Å². The lowest BCUT2D eigenvalue weighted by Gasteiger charge is -2.27. The first-order valence-electron chi connectivity index (χ1n) is 8.53. The van der Waals surface area contributed by atoms with Crippen molar-refractivity contribution in [3.05, 3.63) is 63.6 Å². The molecular formula is C21H22Cl2O4S. The fourth-order valence-corrected chi connectivity index (χ4v) is 4.13. The van der Waals surface area contributed by atoms with E-state index >= 15 is 0 Å². The second kappa shape index (κ2) is 9.68. The maximum atomic E-state index is 13.3. The Bertz CT molecular complexity index is 850. The summed E-state index contributed by atoms with van der Waals surface area (Å²) < 4.78 is 9.19. The zero-order valence-electron chi connectivity index (χ0n) is 16.1. The summed E-state index contributed by atoms with van der Waals surface area (Å²) >= 11 is 13.6. The molecule has 1 unspecified atom stereocenters. The smallest absolute Gasteiger partial charge is 0.320 e. The second-order valence-corrected chi connectivity index (χ2v) is 9.07. The van der Waals surface area contributed by atoms with Crippen LogP contribution in [0.3, 0.4) is 0 Å². The Kier molecular flexibility index (Phi) is 7.81. The second-order valence-electron chi connectivity index (χ2n) is 6.63. The molecule has 28 heavy (non-hydrogen) atoms. The third-order valence-corrected chi connectivity index (χ3v) is 6.29. The highest BCUT2D eigenvalue weighted by molar-refractivity contribution is 8.00. The Hall–Kier alpha value is -1.69. The molecule has 1 atom stereocenters. The van der Waals surface area contributed by atoms with Crippen LogP contribution in [0.15, 0.2) is 42.5 Å². The minimum Gasteiger partial charge on any atom is -0.497 e. The van der Waals surface area contributed by atoms with E-state index in [2.05, 4.69) is 0 Å². The van der Waals surface area contributed by atoms with Gasteiger partial charge in [0.2, 0.25) is 0 Å². The van der Waals surface area contributed by atoms with Gasteiger partial charge in [0.05, 0.1) is 19.0 Å². The average molecular weight is 441 g/mol. The van der Waals surface area contributed by atoms with E-state index in [-0.39, 0.29) is 10.8 Å². The summed E-state index contributed by atoms with van der Waals surface area (Å²) in [7, 11) is 2.87. The van der Waals surface area contributed by atoms with Crippen molar-refractivity contribution in [2.45, 2.75) is 30.3 Å². The van der Waals surface area contributed by atoms with Gasteiger partial charge in [-0.05, 0) is 49.2 Å². The molecule has 0 aromatic heterocycles. The number of ketones is 1. The molecule has 0 aliphatic heterocycles. The number of hydrogen-bond acceptors (Lipinski definition) is 5. The molecule has 0 saturated carbocycles. The lowest BCUT2D eigenvalue weighted by Crippen LogP contribution is -2.37. The van der Waals surface area contributed by atoms with Gasteiger partial charge in [0, 0.05) is 15.8 Å². The van der Waals surface area contributed by atoms with Gasteiger partial charge in [-0.1, -0.05) is 41.4 Å². The van der Waals surface area contributed by atoms with E-state index in [9.17, 15) is 9.59 Å². The van der Waals surface area contributed by atoms with Crippen LogP contribution in [0.4, 0.5) is 0 Å². The molecule has 4 nitrogen and oxygen atoms in total. The minimum atomic E-state index is -1.12. The van der Waals surface area contributed by atoms with E-state index in [1.165, 1.54) is 24.9 Å². The van der Waals surface area contributed by atoms with Crippen LogP contribution in [0, 0.1) is 0 Å². The fraction of sp³-hybridized carbons (Fsp3) is 0.333. The summed E-state index contributed by atoms with van der Waals surface area (Å²) in [6.07, 6.45) is 0.